The molecule has 1 amide bonds. The minimum Gasteiger partial charge on any atom is -0.439 e. The third kappa shape index (κ3) is 4.33. The first-order valence-electron chi connectivity index (χ1n) is 7.32. The molecule has 24 heavy (non-hydrogen) atoms. The first-order chi connectivity index (χ1) is 11.4. The third-order valence-corrected chi connectivity index (χ3v) is 5.85. The van der Waals surface area contributed by atoms with E-state index in [-0.39, 0.29) is 23.5 Å². The maximum Gasteiger partial charge on any atom is 0.253 e. The summed E-state index contributed by atoms with van der Waals surface area (Å²) in [5.74, 6) is 0.781. The van der Waals surface area contributed by atoms with Crippen molar-refractivity contribution in [2.45, 2.75) is 12.5 Å². The van der Waals surface area contributed by atoms with Crippen molar-refractivity contribution in [2.75, 3.05) is 11.5 Å². The molecule has 1 aliphatic rings. The highest BCUT2D eigenvalue weighted by atomic mass is 79.9. The van der Waals surface area contributed by atoms with E-state index in [2.05, 4.69) is 26.2 Å². The highest BCUT2D eigenvalue weighted by Gasteiger charge is 2.29. The molecule has 8 heteroatoms. The van der Waals surface area contributed by atoms with Gasteiger partial charge in [-0.15, -0.1) is 0 Å². The molecular weight excluding hydrogens is 396 g/mol. The van der Waals surface area contributed by atoms with E-state index < -0.39 is 9.84 Å². The predicted molar refractivity (Wildman–Crippen MR) is 93.0 cm³/mol. The summed E-state index contributed by atoms with van der Waals surface area (Å²) >= 11 is 3.36. The average molecular weight is 411 g/mol. The van der Waals surface area contributed by atoms with Gasteiger partial charge >= 0.3 is 0 Å². The predicted octanol–water partition coefficient (Wildman–Crippen LogP) is 2.55. The Morgan fingerprint density at radius 1 is 1.29 bits per heavy atom. The van der Waals surface area contributed by atoms with Crippen LogP contribution in [0.1, 0.15) is 16.8 Å². The van der Waals surface area contributed by atoms with E-state index in [1.54, 1.807) is 18.2 Å². The number of benzene rings is 1. The van der Waals surface area contributed by atoms with Gasteiger partial charge in [-0.1, -0.05) is 22.0 Å². The number of pyridine rings is 1. The van der Waals surface area contributed by atoms with Crippen LogP contribution in [0.4, 0.5) is 0 Å². The van der Waals surface area contributed by atoms with Gasteiger partial charge in [-0.05, 0) is 30.7 Å². The normalized spacial score (nSPS) is 19.0. The number of rotatable bonds is 4. The lowest BCUT2D eigenvalue weighted by molar-refractivity contribution is 0.0940. The quantitative estimate of drug-likeness (QED) is 0.836. The Morgan fingerprint density at radius 3 is 2.75 bits per heavy atom. The number of carbonyl (C=O) groups excluding carboxylic acids is 1. The Bertz CT molecular complexity index is 853. The molecule has 1 fully saturated rings. The molecule has 0 bridgehead atoms. The van der Waals surface area contributed by atoms with Gasteiger partial charge in [0.25, 0.3) is 5.91 Å². The molecule has 1 N–H and O–H groups in total. The van der Waals surface area contributed by atoms with Gasteiger partial charge in [-0.25, -0.2) is 13.4 Å². The summed E-state index contributed by atoms with van der Waals surface area (Å²) in [6, 6.07) is 10.2. The fraction of sp³-hybridized carbons (Fsp3) is 0.250. The number of sulfone groups is 1. The van der Waals surface area contributed by atoms with Gasteiger partial charge in [0, 0.05) is 22.8 Å². The molecule has 126 valence electrons. The minimum atomic E-state index is -3.02. The number of hydrogen-bond donors (Lipinski definition) is 1. The summed E-state index contributed by atoms with van der Waals surface area (Å²) in [6.45, 7) is 0. The zero-order chi connectivity index (χ0) is 17.2. The smallest absolute Gasteiger partial charge is 0.253 e. The standard InChI is InChI=1S/C16H15BrN2O4S/c17-12-2-1-3-14(8-12)23-15-5-4-11(9-18-15)16(20)19-13-6-7-24(21,22)10-13/h1-5,8-9,13H,6-7,10H2,(H,19,20)/t13-/m1/s1. The second-order valence-electron chi connectivity index (χ2n) is 5.52. The molecule has 1 aliphatic heterocycles. The molecule has 0 spiro atoms. The summed E-state index contributed by atoms with van der Waals surface area (Å²) in [5.41, 5.74) is 0.362. The molecule has 2 heterocycles. The largest absolute Gasteiger partial charge is 0.439 e. The van der Waals surface area contributed by atoms with E-state index in [0.717, 1.165) is 4.47 Å². The second kappa shape index (κ2) is 6.90. The van der Waals surface area contributed by atoms with E-state index in [0.29, 0.717) is 23.6 Å². The lowest BCUT2D eigenvalue weighted by Crippen LogP contribution is -2.35. The lowest BCUT2D eigenvalue weighted by Gasteiger charge is -2.11. The molecule has 1 atom stereocenters. The van der Waals surface area contributed by atoms with Crippen LogP contribution in [0, 0.1) is 0 Å². The van der Waals surface area contributed by atoms with Crippen LogP contribution in [0.3, 0.4) is 0 Å². The topological polar surface area (TPSA) is 85.4 Å². The average Bonchev–Trinajstić information content (AvgIpc) is 2.87. The van der Waals surface area contributed by atoms with E-state index in [1.165, 1.54) is 6.20 Å². The molecule has 3 rings (SSSR count). The fourth-order valence-corrected chi connectivity index (χ4v) is 4.46. The molecule has 0 aliphatic carbocycles. The van der Waals surface area contributed by atoms with Crippen LogP contribution in [0.25, 0.3) is 0 Å². The Hall–Kier alpha value is -1.93. The van der Waals surface area contributed by atoms with Crippen LogP contribution in [0.2, 0.25) is 0 Å². The lowest BCUT2D eigenvalue weighted by atomic mass is 10.2. The highest BCUT2D eigenvalue weighted by Crippen LogP contribution is 2.23. The van der Waals surface area contributed by atoms with E-state index >= 15 is 0 Å². The number of nitrogens with zero attached hydrogens (tertiary/aromatic N) is 1. The molecule has 6 nitrogen and oxygen atoms in total. The van der Waals surface area contributed by atoms with Crippen LogP contribution in [-0.2, 0) is 9.84 Å². The number of ether oxygens (including phenoxy) is 1. The molecule has 1 aromatic heterocycles. The summed E-state index contributed by atoms with van der Waals surface area (Å²) in [7, 11) is -3.02. The fourth-order valence-electron chi connectivity index (χ4n) is 2.40. The summed E-state index contributed by atoms with van der Waals surface area (Å²) in [4.78, 5) is 16.2. The Balaban J connectivity index is 1.62. The van der Waals surface area contributed by atoms with Crippen LogP contribution in [0.15, 0.2) is 47.1 Å². The molecule has 0 unspecified atom stereocenters. The number of carbonyl (C=O) groups is 1. The first kappa shape index (κ1) is 16.9. The Morgan fingerprint density at radius 2 is 2.12 bits per heavy atom. The van der Waals surface area contributed by atoms with Crippen LogP contribution >= 0.6 is 15.9 Å². The Labute approximate surface area is 148 Å². The number of halogens is 1. The zero-order valence-electron chi connectivity index (χ0n) is 12.6. The molecule has 0 saturated carbocycles. The number of aromatic nitrogens is 1. The van der Waals surface area contributed by atoms with E-state index in [1.807, 2.05) is 18.2 Å². The van der Waals surface area contributed by atoms with Gasteiger partial charge < -0.3 is 10.1 Å². The first-order valence-corrected chi connectivity index (χ1v) is 9.93. The number of hydrogen-bond acceptors (Lipinski definition) is 5. The summed E-state index contributed by atoms with van der Waals surface area (Å²) in [5, 5.41) is 2.72. The van der Waals surface area contributed by atoms with Crippen LogP contribution in [0.5, 0.6) is 11.6 Å². The van der Waals surface area contributed by atoms with Crippen molar-refractivity contribution in [3.8, 4) is 11.6 Å². The second-order valence-corrected chi connectivity index (χ2v) is 8.66. The van der Waals surface area contributed by atoms with Crippen molar-refractivity contribution in [2.24, 2.45) is 0 Å². The van der Waals surface area contributed by atoms with Gasteiger partial charge in [0.15, 0.2) is 9.84 Å². The van der Waals surface area contributed by atoms with Crippen molar-refractivity contribution < 1.29 is 17.9 Å². The van der Waals surface area contributed by atoms with Crippen molar-refractivity contribution in [1.82, 2.24) is 10.3 Å². The maximum absolute atomic E-state index is 12.1. The van der Waals surface area contributed by atoms with E-state index in [9.17, 15) is 13.2 Å². The van der Waals surface area contributed by atoms with Crippen molar-refractivity contribution in [1.29, 1.82) is 0 Å². The monoisotopic (exact) mass is 410 g/mol. The highest BCUT2D eigenvalue weighted by molar-refractivity contribution is 9.10. The van der Waals surface area contributed by atoms with Gasteiger partial charge in [-0.2, -0.15) is 0 Å². The van der Waals surface area contributed by atoms with Gasteiger partial charge in [-0.3, -0.25) is 4.79 Å². The van der Waals surface area contributed by atoms with Gasteiger partial charge in [0.1, 0.15) is 5.75 Å². The van der Waals surface area contributed by atoms with Gasteiger partial charge in [0.05, 0.1) is 17.1 Å². The summed E-state index contributed by atoms with van der Waals surface area (Å²) in [6.07, 6.45) is 1.86. The summed E-state index contributed by atoms with van der Waals surface area (Å²) < 4.78 is 29.3. The van der Waals surface area contributed by atoms with Crippen molar-refractivity contribution >= 4 is 31.7 Å². The minimum absolute atomic E-state index is 0.00372. The van der Waals surface area contributed by atoms with Crippen molar-refractivity contribution in [3.63, 3.8) is 0 Å². The zero-order valence-corrected chi connectivity index (χ0v) is 15.0. The molecular formula is C16H15BrN2O4S. The maximum atomic E-state index is 12.1. The SMILES string of the molecule is O=C(N[C@@H]1CCS(=O)(=O)C1)c1ccc(Oc2cccc(Br)c2)nc1. The number of amides is 1. The van der Waals surface area contributed by atoms with E-state index in [4.69, 9.17) is 4.74 Å². The number of nitrogens with one attached hydrogen (secondary N) is 1. The Kier molecular flexibility index (Phi) is 4.86. The molecule has 1 aromatic carbocycles. The van der Waals surface area contributed by atoms with Crippen LogP contribution < -0.4 is 10.1 Å². The molecule has 0 radical (unpaired) electrons. The molecule has 1 saturated heterocycles. The van der Waals surface area contributed by atoms with Crippen molar-refractivity contribution in [3.05, 3.63) is 52.6 Å². The third-order valence-electron chi connectivity index (χ3n) is 3.58. The van der Waals surface area contributed by atoms with Gasteiger partial charge in [0.2, 0.25) is 5.88 Å². The molecule has 2 aromatic rings. The van der Waals surface area contributed by atoms with Crippen LogP contribution in [-0.4, -0.2) is 36.9 Å².